The van der Waals surface area contributed by atoms with Crippen molar-refractivity contribution >= 4 is 22.0 Å². The van der Waals surface area contributed by atoms with Crippen LogP contribution in [0.15, 0.2) is 34.9 Å². The average Bonchev–Trinajstić information content (AvgIpc) is 2.97. The Morgan fingerprint density at radius 1 is 1.36 bits per heavy atom. The Morgan fingerprint density at radius 2 is 2.14 bits per heavy atom. The number of halogens is 1. The third-order valence-corrected chi connectivity index (χ3v) is 3.67. The van der Waals surface area contributed by atoms with Gasteiger partial charge in [0.25, 0.3) is 0 Å². The highest BCUT2D eigenvalue weighted by Crippen LogP contribution is 2.19. The Hall–Kier alpha value is -1.82. The number of carbonyl (C=O) groups is 1. The molecule has 0 bridgehead atoms. The molecule has 2 rings (SSSR count). The lowest BCUT2D eigenvalue weighted by Crippen LogP contribution is -2.27. The second kappa shape index (κ2) is 8.58. The van der Waals surface area contributed by atoms with Crippen LogP contribution in [0.1, 0.15) is 25.6 Å². The van der Waals surface area contributed by atoms with Crippen LogP contribution in [-0.2, 0) is 11.2 Å². The summed E-state index contributed by atoms with van der Waals surface area (Å²) < 4.78 is 6.06. The molecule has 118 valence electrons. The van der Waals surface area contributed by atoms with Gasteiger partial charge in [0.1, 0.15) is 5.82 Å². The average molecular weight is 366 g/mol. The third-order valence-electron chi connectivity index (χ3n) is 3.15. The van der Waals surface area contributed by atoms with E-state index in [1.807, 2.05) is 24.3 Å². The molecule has 5 nitrogen and oxygen atoms in total. The monoisotopic (exact) mass is 365 g/mol. The van der Waals surface area contributed by atoms with Crippen LogP contribution < -0.4 is 5.32 Å². The molecule has 2 N–H and O–H groups in total. The molecule has 0 saturated carbocycles. The van der Waals surface area contributed by atoms with Gasteiger partial charge in [-0.3, -0.25) is 0 Å². The molecule has 0 saturated heterocycles. The van der Waals surface area contributed by atoms with Crippen molar-refractivity contribution in [2.75, 3.05) is 13.2 Å². The lowest BCUT2D eigenvalue weighted by Gasteiger charge is -2.05. The van der Waals surface area contributed by atoms with Gasteiger partial charge in [0.05, 0.1) is 18.5 Å². The molecular formula is C16H20BrN3O2. The zero-order chi connectivity index (χ0) is 15.8. The molecule has 1 aromatic heterocycles. The summed E-state index contributed by atoms with van der Waals surface area (Å²) in [6, 6.07) is 8.02. The number of aromatic amines is 1. The van der Waals surface area contributed by atoms with Gasteiger partial charge in [-0.2, -0.15) is 0 Å². The van der Waals surface area contributed by atoms with Crippen molar-refractivity contribution in [3.8, 4) is 11.3 Å². The normalized spacial score (nSPS) is 10.5. The number of nitrogens with one attached hydrogen (secondary N) is 2. The zero-order valence-electron chi connectivity index (χ0n) is 12.6. The number of unbranched alkanes of at least 4 members (excludes halogenated alkanes) is 1. The second-order valence-electron chi connectivity index (χ2n) is 4.92. The van der Waals surface area contributed by atoms with Crippen LogP contribution in [0.5, 0.6) is 0 Å². The number of aromatic nitrogens is 2. The Balaban J connectivity index is 1.78. The van der Waals surface area contributed by atoms with Crippen molar-refractivity contribution < 1.29 is 9.53 Å². The fourth-order valence-electron chi connectivity index (χ4n) is 1.91. The number of ether oxygens (including phenoxy) is 1. The molecule has 0 atom stereocenters. The van der Waals surface area contributed by atoms with E-state index in [-0.39, 0.29) is 6.09 Å². The van der Waals surface area contributed by atoms with Gasteiger partial charge in [-0.15, -0.1) is 0 Å². The van der Waals surface area contributed by atoms with Crippen LogP contribution in [0.3, 0.4) is 0 Å². The Bertz CT molecular complexity index is 596. The molecule has 0 radical (unpaired) electrons. The quantitative estimate of drug-likeness (QED) is 0.731. The van der Waals surface area contributed by atoms with Crippen molar-refractivity contribution in [1.29, 1.82) is 0 Å². The fraction of sp³-hybridized carbons (Fsp3) is 0.375. The summed E-state index contributed by atoms with van der Waals surface area (Å²) in [5.74, 6) is 0.840. The maximum atomic E-state index is 11.4. The van der Waals surface area contributed by atoms with Crippen LogP contribution in [-0.4, -0.2) is 29.2 Å². The van der Waals surface area contributed by atoms with Crippen LogP contribution >= 0.6 is 15.9 Å². The van der Waals surface area contributed by atoms with E-state index in [9.17, 15) is 4.79 Å². The van der Waals surface area contributed by atoms with E-state index >= 15 is 0 Å². The maximum absolute atomic E-state index is 11.4. The second-order valence-corrected chi connectivity index (χ2v) is 5.83. The predicted octanol–water partition coefficient (Wildman–Crippen LogP) is 3.91. The number of benzene rings is 1. The molecule has 0 aliphatic carbocycles. The van der Waals surface area contributed by atoms with E-state index in [0.717, 1.165) is 34.4 Å². The number of carbonyl (C=O) groups excluding carboxylic acids is 1. The van der Waals surface area contributed by atoms with Gasteiger partial charge in [-0.25, -0.2) is 9.78 Å². The van der Waals surface area contributed by atoms with Gasteiger partial charge in [0.2, 0.25) is 0 Å². The number of rotatable bonds is 7. The fourth-order valence-corrected chi connectivity index (χ4v) is 2.17. The van der Waals surface area contributed by atoms with Crippen molar-refractivity contribution in [3.63, 3.8) is 0 Å². The van der Waals surface area contributed by atoms with Crippen molar-refractivity contribution in [3.05, 3.63) is 40.8 Å². The van der Waals surface area contributed by atoms with Gasteiger partial charge in [-0.05, 0) is 24.1 Å². The molecule has 1 aromatic carbocycles. The Morgan fingerprint density at radius 3 is 2.86 bits per heavy atom. The van der Waals surface area contributed by atoms with Crippen LogP contribution in [0.2, 0.25) is 0 Å². The van der Waals surface area contributed by atoms with E-state index in [1.54, 1.807) is 6.20 Å². The Kier molecular flexibility index (Phi) is 6.45. The minimum absolute atomic E-state index is 0.367. The molecule has 1 amide bonds. The number of H-pyrrole nitrogens is 1. The zero-order valence-corrected chi connectivity index (χ0v) is 14.1. The number of hydrogen-bond donors (Lipinski definition) is 2. The van der Waals surface area contributed by atoms with E-state index in [0.29, 0.717) is 19.6 Å². The molecule has 0 aliphatic rings. The van der Waals surface area contributed by atoms with Crippen molar-refractivity contribution in [2.45, 2.75) is 26.2 Å². The van der Waals surface area contributed by atoms with Crippen LogP contribution in [0, 0.1) is 0 Å². The summed E-state index contributed by atoms with van der Waals surface area (Å²) in [6.07, 6.45) is 3.98. The summed E-state index contributed by atoms with van der Waals surface area (Å²) in [5, 5.41) is 2.72. The molecule has 0 spiro atoms. The minimum atomic E-state index is -0.367. The number of amides is 1. The molecule has 0 fully saturated rings. The largest absolute Gasteiger partial charge is 0.450 e. The van der Waals surface area contributed by atoms with Crippen molar-refractivity contribution in [2.24, 2.45) is 0 Å². The summed E-state index contributed by atoms with van der Waals surface area (Å²) in [4.78, 5) is 19.0. The number of hydrogen-bond acceptors (Lipinski definition) is 3. The molecule has 6 heteroatoms. The van der Waals surface area contributed by atoms with E-state index in [4.69, 9.17) is 4.74 Å². The number of imidazole rings is 1. The lowest BCUT2D eigenvalue weighted by atomic mass is 10.2. The van der Waals surface area contributed by atoms with Gasteiger partial charge in [-0.1, -0.05) is 41.4 Å². The smallest absolute Gasteiger partial charge is 0.407 e. The van der Waals surface area contributed by atoms with Gasteiger partial charge in [0, 0.05) is 17.4 Å². The molecule has 1 heterocycles. The van der Waals surface area contributed by atoms with Crippen LogP contribution in [0.25, 0.3) is 11.3 Å². The standard InChI is InChI=1S/C16H20BrN3O2/c1-2-3-10-22-16(21)18-9-8-15-19-11-14(20-15)12-4-6-13(17)7-5-12/h4-7,11H,2-3,8-10H2,1H3,(H,18,21)(H,19,20). The predicted molar refractivity (Wildman–Crippen MR) is 89.7 cm³/mol. The van der Waals surface area contributed by atoms with E-state index < -0.39 is 0 Å². The lowest BCUT2D eigenvalue weighted by molar-refractivity contribution is 0.144. The number of alkyl carbamates (subject to hydrolysis) is 1. The van der Waals surface area contributed by atoms with Gasteiger partial charge >= 0.3 is 6.09 Å². The summed E-state index contributed by atoms with van der Waals surface area (Å²) in [7, 11) is 0. The van der Waals surface area contributed by atoms with E-state index in [1.165, 1.54) is 0 Å². The first-order chi connectivity index (χ1) is 10.7. The maximum Gasteiger partial charge on any atom is 0.407 e. The summed E-state index contributed by atoms with van der Waals surface area (Å²) in [5.41, 5.74) is 2.04. The first-order valence-corrected chi connectivity index (χ1v) is 8.18. The molecule has 0 aliphatic heterocycles. The summed E-state index contributed by atoms with van der Waals surface area (Å²) >= 11 is 3.42. The topological polar surface area (TPSA) is 67.0 Å². The molecule has 2 aromatic rings. The highest BCUT2D eigenvalue weighted by atomic mass is 79.9. The van der Waals surface area contributed by atoms with Crippen LogP contribution in [0.4, 0.5) is 4.79 Å². The molecule has 22 heavy (non-hydrogen) atoms. The highest BCUT2D eigenvalue weighted by Gasteiger charge is 2.05. The summed E-state index contributed by atoms with van der Waals surface area (Å²) in [6.45, 7) is 3.02. The first kappa shape index (κ1) is 16.5. The van der Waals surface area contributed by atoms with Gasteiger partial charge < -0.3 is 15.0 Å². The minimum Gasteiger partial charge on any atom is -0.450 e. The van der Waals surface area contributed by atoms with Gasteiger partial charge in [0.15, 0.2) is 0 Å². The SMILES string of the molecule is CCCCOC(=O)NCCc1ncc(-c2ccc(Br)cc2)[nH]1. The van der Waals surface area contributed by atoms with E-state index in [2.05, 4.69) is 38.1 Å². The van der Waals surface area contributed by atoms with Crippen molar-refractivity contribution in [1.82, 2.24) is 15.3 Å². The highest BCUT2D eigenvalue weighted by molar-refractivity contribution is 9.10. The molecule has 0 unspecified atom stereocenters. The third kappa shape index (κ3) is 5.18. The first-order valence-electron chi connectivity index (χ1n) is 7.39. The Labute approximate surface area is 138 Å². The molecular weight excluding hydrogens is 346 g/mol. The number of nitrogens with zero attached hydrogens (tertiary/aromatic N) is 1.